The van der Waals surface area contributed by atoms with Gasteiger partial charge in [0.25, 0.3) is 0 Å². The van der Waals surface area contributed by atoms with Gasteiger partial charge in [0, 0.05) is 6.54 Å². The minimum Gasteiger partial charge on any atom is -0.462 e. The highest BCUT2D eigenvalue weighted by molar-refractivity contribution is 5.93. The van der Waals surface area contributed by atoms with Crippen molar-refractivity contribution in [2.45, 2.75) is 39.2 Å². The topological polar surface area (TPSA) is 70.1 Å². The summed E-state index contributed by atoms with van der Waals surface area (Å²) in [5, 5.41) is 4.17. The molecule has 1 heterocycles. The number of nitrogens with zero attached hydrogens (tertiary/aromatic N) is 2. The quantitative estimate of drug-likeness (QED) is 0.811. The van der Waals surface area contributed by atoms with Gasteiger partial charge in [-0.2, -0.15) is 5.10 Å². The van der Waals surface area contributed by atoms with Crippen molar-refractivity contribution in [3.63, 3.8) is 0 Å². The number of nitrogens with two attached hydrogens (primary N) is 1. The smallest absolute Gasteiger partial charge is 0.343 e. The number of hydrogen-bond donors (Lipinski definition) is 1. The Morgan fingerprint density at radius 1 is 1.59 bits per heavy atom. The van der Waals surface area contributed by atoms with Gasteiger partial charge in [-0.05, 0) is 25.7 Å². The summed E-state index contributed by atoms with van der Waals surface area (Å²) in [5.41, 5.74) is 6.29. The summed E-state index contributed by atoms with van der Waals surface area (Å²) < 4.78 is 6.64. The summed E-state index contributed by atoms with van der Waals surface area (Å²) in [4.78, 5) is 11.6. The number of nitrogen functional groups attached to an aromatic ring is 1. The van der Waals surface area contributed by atoms with E-state index in [0.29, 0.717) is 23.9 Å². The van der Waals surface area contributed by atoms with Crippen LogP contribution in [-0.4, -0.2) is 22.4 Å². The second kappa shape index (κ2) is 5.21. The monoisotopic (exact) mass is 237 g/mol. The summed E-state index contributed by atoms with van der Waals surface area (Å²) in [6.45, 7) is 2.94. The molecule has 1 saturated carbocycles. The molecule has 2 rings (SSSR count). The molecule has 0 saturated heterocycles. The van der Waals surface area contributed by atoms with Crippen LogP contribution in [0, 0.1) is 5.92 Å². The van der Waals surface area contributed by atoms with Gasteiger partial charge < -0.3 is 10.5 Å². The molecule has 17 heavy (non-hydrogen) atoms. The van der Waals surface area contributed by atoms with Crippen molar-refractivity contribution in [2.24, 2.45) is 5.92 Å². The zero-order valence-electron chi connectivity index (χ0n) is 10.2. The molecule has 0 spiro atoms. The fourth-order valence-electron chi connectivity index (χ4n) is 2.34. The van der Waals surface area contributed by atoms with Crippen molar-refractivity contribution < 1.29 is 9.53 Å². The molecule has 94 valence electrons. The van der Waals surface area contributed by atoms with Gasteiger partial charge in [-0.15, -0.1) is 0 Å². The highest BCUT2D eigenvalue weighted by atomic mass is 16.5. The van der Waals surface area contributed by atoms with Crippen molar-refractivity contribution in [3.8, 4) is 0 Å². The first kappa shape index (κ1) is 12.0. The van der Waals surface area contributed by atoms with Crippen LogP contribution in [0.2, 0.25) is 0 Å². The average Bonchev–Trinajstić information content (AvgIpc) is 2.91. The van der Waals surface area contributed by atoms with E-state index in [1.165, 1.54) is 31.9 Å². The van der Waals surface area contributed by atoms with Gasteiger partial charge in [0.15, 0.2) is 0 Å². The zero-order chi connectivity index (χ0) is 12.3. The first-order chi connectivity index (χ1) is 8.22. The molecule has 2 N–H and O–H groups in total. The van der Waals surface area contributed by atoms with E-state index in [0.717, 1.165) is 6.54 Å². The Kier molecular flexibility index (Phi) is 3.66. The van der Waals surface area contributed by atoms with Crippen molar-refractivity contribution in [1.82, 2.24) is 9.78 Å². The van der Waals surface area contributed by atoms with E-state index in [1.807, 2.05) is 0 Å². The first-order valence-corrected chi connectivity index (χ1v) is 6.20. The van der Waals surface area contributed by atoms with Gasteiger partial charge in [-0.3, -0.25) is 0 Å². The Labute approximate surface area is 101 Å². The fraction of sp³-hybridized carbons (Fsp3) is 0.667. The minimum atomic E-state index is -0.386. The van der Waals surface area contributed by atoms with Crippen molar-refractivity contribution >= 4 is 11.8 Å². The van der Waals surface area contributed by atoms with Crippen LogP contribution in [0.5, 0.6) is 0 Å². The lowest BCUT2D eigenvalue weighted by Gasteiger charge is -2.10. The number of carbonyl (C=O) groups is 1. The SMILES string of the molecule is CCOC(=O)c1cnn(CC2CCCC2)c1N. The summed E-state index contributed by atoms with van der Waals surface area (Å²) >= 11 is 0. The molecule has 1 aliphatic carbocycles. The Morgan fingerprint density at radius 2 is 2.29 bits per heavy atom. The molecular formula is C12H19N3O2. The maximum atomic E-state index is 11.6. The van der Waals surface area contributed by atoms with E-state index >= 15 is 0 Å². The van der Waals surface area contributed by atoms with E-state index in [4.69, 9.17) is 10.5 Å². The van der Waals surface area contributed by atoms with E-state index in [2.05, 4.69) is 5.10 Å². The molecule has 0 unspecified atom stereocenters. The molecule has 0 aromatic carbocycles. The standard InChI is InChI=1S/C12H19N3O2/c1-2-17-12(16)10-7-14-15(11(10)13)8-9-5-3-4-6-9/h7,9H,2-6,8,13H2,1H3. The predicted molar refractivity (Wildman–Crippen MR) is 64.6 cm³/mol. The van der Waals surface area contributed by atoms with E-state index in [-0.39, 0.29) is 5.97 Å². The molecule has 1 aromatic rings. The third kappa shape index (κ3) is 2.60. The third-order valence-electron chi connectivity index (χ3n) is 3.28. The molecule has 0 amide bonds. The maximum absolute atomic E-state index is 11.6. The van der Waals surface area contributed by atoms with Crippen LogP contribution in [0.4, 0.5) is 5.82 Å². The Bertz CT molecular complexity index is 394. The van der Waals surface area contributed by atoms with Gasteiger partial charge in [0.05, 0.1) is 12.8 Å². The lowest BCUT2D eigenvalue weighted by atomic mass is 10.1. The Morgan fingerprint density at radius 3 is 2.94 bits per heavy atom. The highest BCUT2D eigenvalue weighted by Gasteiger charge is 2.20. The molecule has 5 heteroatoms. The molecule has 0 bridgehead atoms. The van der Waals surface area contributed by atoms with E-state index in [1.54, 1.807) is 11.6 Å². The van der Waals surface area contributed by atoms with Crippen LogP contribution in [-0.2, 0) is 11.3 Å². The van der Waals surface area contributed by atoms with Gasteiger partial charge in [0.1, 0.15) is 11.4 Å². The van der Waals surface area contributed by atoms with Crippen LogP contribution < -0.4 is 5.73 Å². The zero-order valence-corrected chi connectivity index (χ0v) is 10.2. The molecular weight excluding hydrogens is 218 g/mol. The molecule has 0 atom stereocenters. The number of esters is 1. The van der Waals surface area contributed by atoms with Crippen molar-refractivity contribution in [2.75, 3.05) is 12.3 Å². The summed E-state index contributed by atoms with van der Waals surface area (Å²) in [7, 11) is 0. The molecule has 1 aromatic heterocycles. The largest absolute Gasteiger partial charge is 0.462 e. The minimum absolute atomic E-state index is 0.353. The highest BCUT2D eigenvalue weighted by Crippen LogP contribution is 2.27. The summed E-state index contributed by atoms with van der Waals surface area (Å²) in [6.07, 6.45) is 6.54. The van der Waals surface area contributed by atoms with Crippen LogP contribution in [0.3, 0.4) is 0 Å². The predicted octanol–water partition coefficient (Wildman–Crippen LogP) is 1.83. The molecule has 0 radical (unpaired) electrons. The lowest BCUT2D eigenvalue weighted by molar-refractivity contribution is 0.0527. The lowest BCUT2D eigenvalue weighted by Crippen LogP contribution is -2.13. The number of carbonyl (C=O) groups excluding carboxylic acids is 1. The van der Waals surface area contributed by atoms with Gasteiger partial charge in [-0.25, -0.2) is 9.48 Å². The molecule has 1 aliphatic rings. The Balaban J connectivity index is 2.06. The number of hydrogen-bond acceptors (Lipinski definition) is 4. The van der Waals surface area contributed by atoms with Crippen molar-refractivity contribution in [1.29, 1.82) is 0 Å². The van der Waals surface area contributed by atoms with E-state index < -0.39 is 0 Å². The van der Waals surface area contributed by atoms with Crippen molar-refractivity contribution in [3.05, 3.63) is 11.8 Å². The average molecular weight is 237 g/mol. The Hall–Kier alpha value is -1.52. The second-order valence-electron chi connectivity index (χ2n) is 4.50. The number of anilines is 1. The van der Waals surface area contributed by atoms with E-state index in [9.17, 15) is 4.79 Å². The molecule has 1 fully saturated rings. The van der Waals surface area contributed by atoms with Gasteiger partial charge >= 0.3 is 5.97 Å². The van der Waals surface area contributed by atoms with Gasteiger partial charge in [0.2, 0.25) is 0 Å². The summed E-state index contributed by atoms with van der Waals surface area (Å²) in [5.74, 6) is 0.685. The number of aromatic nitrogens is 2. The molecule has 5 nitrogen and oxygen atoms in total. The second-order valence-corrected chi connectivity index (χ2v) is 4.50. The van der Waals surface area contributed by atoms with Gasteiger partial charge in [-0.1, -0.05) is 12.8 Å². The van der Waals surface area contributed by atoms with Crippen LogP contribution >= 0.6 is 0 Å². The molecule has 0 aliphatic heterocycles. The van der Waals surface area contributed by atoms with Crippen LogP contribution in [0.25, 0.3) is 0 Å². The first-order valence-electron chi connectivity index (χ1n) is 6.20. The fourth-order valence-corrected chi connectivity index (χ4v) is 2.34. The van der Waals surface area contributed by atoms with Crippen LogP contribution in [0.15, 0.2) is 6.20 Å². The summed E-state index contributed by atoms with van der Waals surface area (Å²) in [6, 6.07) is 0. The third-order valence-corrected chi connectivity index (χ3v) is 3.28. The maximum Gasteiger partial charge on any atom is 0.343 e. The number of rotatable bonds is 4. The normalized spacial score (nSPS) is 16.3. The van der Waals surface area contributed by atoms with Crippen LogP contribution in [0.1, 0.15) is 43.0 Å². The number of ether oxygens (including phenoxy) is 1.